The lowest BCUT2D eigenvalue weighted by atomic mass is 10.0. The Morgan fingerprint density at radius 1 is 1.06 bits per heavy atom. The van der Waals surface area contributed by atoms with Gasteiger partial charge in [0.05, 0.1) is 11.2 Å². The molecule has 0 atom stereocenters. The van der Waals surface area contributed by atoms with E-state index in [9.17, 15) is 4.79 Å². The fraction of sp³-hybridized carbons (Fsp3) is 0.167. The molecule has 0 aliphatic rings. The maximum atomic E-state index is 15.0. The molecule has 0 fully saturated rings. The molecule has 0 aliphatic heterocycles. The molecule has 0 saturated carbocycles. The Kier molecular flexibility index (Phi) is 6.21. The minimum absolute atomic E-state index is 0.0855. The van der Waals surface area contributed by atoms with Crippen LogP contribution in [-0.4, -0.2) is 25.8 Å². The van der Waals surface area contributed by atoms with Crippen LogP contribution in [-0.2, 0) is 5.54 Å². The number of nitrogen functional groups attached to an aromatic ring is 1. The van der Waals surface area contributed by atoms with Gasteiger partial charge in [0.15, 0.2) is 0 Å². The molecule has 0 saturated heterocycles. The molecule has 0 unspecified atom stereocenters. The Hall–Kier alpha value is -3.98. The molecular weight excluding hydrogens is 457 g/mol. The van der Waals surface area contributed by atoms with E-state index in [1.54, 1.807) is 47.3 Å². The normalized spacial score (nSPS) is 11.3. The third-order valence-corrected chi connectivity index (χ3v) is 5.15. The van der Waals surface area contributed by atoms with Gasteiger partial charge in [-0.3, -0.25) is 4.68 Å². The first kappa shape index (κ1) is 23.2. The topological polar surface area (TPSA) is 111 Å². The van der Waals surface area contributed by atoms with Gasteiger partial charge in [-0.1, -0.05) is 17.7 Å². The average Bonchev–Trinajstić information content (AvgIpc) is 3.21. The monoisotopic (exact) mass is 479 g/mol. The number of aromatic nitrogens is 4. The molecular formula is C24H23ClFN7O. The Morgan fingerprint density at radius 2 is 1.79 bits per heavy atom. The van der Waals surface area contributed by atoms with Gasteiger partial charge in [-0.25, -0.2) is 19.2 Å². The van der Waals surface area contributed by atoms with Crippen LogP contribution in [0.1, 0.15) is 20.8 Å². The van der Waals surface area contributed by atoms with Crippen molar-refractivity contribution in [2.45, 2.75) is 26.3 Å². The van der Waals surface area contributed by atoms with Crippen LogP contribution in [0.2, 0.25) is 5.02 Å². The molecule has 0 aliphatic carbocycles. The van der Waals surface area contributed by atoms with Gasteiger partial charge in [0.25, 0.3) is 0 Å². The summed E-state index contributed by atoms with van der Waals surface area (Å²) in [6.07, 6.45) is 3.27. The van der Waals surface area contributed by atoms with Crippen molar-refractivity contribution < 1.29 is 9.18 Å². The van der Waals surface area contributed by atoms with E-state index in [0.717, 1.165) is 0 Å². The van der Waals surface area contributed by atoms with Gasteiger partial charge in [0.1, 0.15) is 11.5 Å². The summed E-state index contributed by atoms with van der Waals surface area (Å²) in [5, 5.41) is 10.6. The van der Waals surface area contributed by atoms with E-state index in [-0.39, 0.29) is 17.1 Å². The summed E-state index contributed by atoms with van der Waals surface area (Å²) in [5.74, 6) is -0.389. The highest BCUT2D eigenvalue weighted by atomic mass is 35.5. The van der Waals surface area contributed by atoms with Gasteiger partial charge in [0, 0.05) is 39.9 Å². The second-order valence-electron chi connectivity index (χ2n) is 8.59. The predicted octanol–water partition coefficient (Wildman–Crippen LogP) is 5.78. The van der Waals surface area contributed by atoms with Crippen molar-refractivity contribution in [3.05, 3.63) is 71.8 Å². The zero-order chi connectivity index (χ0) is 24.5. The number of anilines is 3. The lowest BCUT2D eigenvalue weighted by Crippen LogP contribution is -2.22. The van der Waals surface area contributed by atoms with Crippen molar-refractivity contribution in [3.8, 4) is 22.5 Å². The Morgan fingerprint density at radius 3 is 2.47 bits per heavy atom. The lowest BCUT2D eigenvalue weighted by molar-refractivity contribution is 0.262. The molecule has 4 N–H and O–H groups in total. The summed E-state index contributed by atoms with van der Waals surface area (Å²) in [6, 6.07) is 12.2. The van der Waals surface area contributed by atoms with E-state index in [1.165, 1.54) is 18.3 Å². The maximum Gasteiger partial charge on any atom is 0.323 e. The average molecular weight is 480 g/mol. The second kappa shape index (κ2) is 9.11. The summed E-state index contributed by atoms with van der Waals surface area (Å²) in [5.41, 5.74) is 7.99. The van der Waals surface area contributed by atoms with Crippen LogP contribution in [0.3, 0.4) is 0 Å². The zero-order valence-corrected chi connectivity index (χ0v) is 19.6. The number of urea groups is 1. The molecule has 2 amide bonds. The van der Waals surface area contributed by atoms with Crippen molar-refractivity contribution in [2.24, 2.45) is 0 Å². The molecule has 4 aromatic rings. The first-order chi connectivity index (χ1) is 16.1. The number of rotatable bonds is 4. The molecule has 174 valence electrons. The van der Waals surface area contributed by atoms with Gasteiger partial charge in [-0.05, 0) is 63.2 Å². The summed E-state index contributed by atoms with van der Waals surface area (Å²) >= 11 is 5.97. The maximum absolute atomic E-state index is 15.0. The molecule has 0 bridgehead atoms. The lowest BCUT2D eigenvalue weighted by Gasteiger charge is -2.18. The predicted molar refractivity (Wildman–Crippen MR) is 132 cm³/mol. The highest BCUT2D eigenvalue weighted by Crippen LogP contribution is 2.35. The number of nitrogens with two attached hydrogens (primary N) is 1. The van der Waals surface area contributed by atoms with E-state index in [4.69, 9.17) is 17.3 Å². The highest BCUT2D eigenvalue weighted by molar-refractivity contribution is 6.30. The first-order valence-electron chi connectivity index (χ1n) is 10.4. The van der Waals surface area contributed by atoms with E-state index in [0.29, 0.717) is 33.3 Å². The zero-order valence-electron chi connectivity index (χ0n) is 18.8. The number of nitrogens with one attached hydrogen (secondary N) is 2. The largest absolute Gasteiger partial charge is 0.368 e. The van der Waals surface area contributed by atoms with E-state index < -0.39 is 11.8 Å². The smallest absolute Gasteiger partial charge is 0.323 e. The summed E-state index contributed by atoms with van der Waals surface area (Å²) in [7, 11) is 0. The van der Waals surface area contributed by atoms with Gasteiger partial charge >= 0.3 is 6.03 Å². The molecule has 2 aromatic carbocycles. The molecule has 0 spiro atoms. The van der Waals surface area contributed by atoms with E-state index in [2.05, 4.69) is 25.7 Å². The first-order valence-corrected chi connectivity index (χ1v) is 10.8. The second-order valence-corrected chi connectivity index (χ2v) is 9.03. The van der Waals surface area contributed by atoms with E-state index in [1.807, 2.05) is 20.8 Å². The fourth-order valence-electron chi connectivity index (χ4n) is 3.28. The third kappa shape index (κ3) is 5.15. The molecule has 34 heavy (non-hydrogen) atoms. The van der Waals surface area contributed by atoms with Crippen LogP contribution in [0.25, 0.3) is 22.5 Å². The molecule has 10 heteroatoms. The van der Waals surface area contributed by atoms with Crippen molar-refractivity contribution in [1.29, 1.82) is 0 Å². The van der Waals surface area contributed by atoms with Crippen molar-refractivity contribution in [2.75, 3.05) is 16.4 Å². The van der Waals surface area contributed by atoms with Crippen LogP contribution in [0.4, 0.5) is 26.5 Å². The minimum atomic E-state index is -0.492. The Balaban J connectivity index is 1.71. The Bertz CT molecular complexity index is 1360. The minimum Gasteiger partial charge on any atom is -0.368 e. The number of carbonyl (C=O) groups excluding carboxylic acids is 1. The third-order valence-electron chi connectivity index (χ3n) is 4.92. The van der Waals surface area contributed by atoms with Crippen molar-refractivity contribution in [3.63, 3.8) is 0 Å². The molecule has 4 rings (SSSR count). The molecule has 2 heterocycles. The summed E-state index contributed by atoms with van der Waals surface area (Å²) in [6.45, 7) is 5.95. The van der Waals surface area contributed by atoms with Crippen LogP contribution < -0.4 is 16.4 Å². The molecule has 2 aromatic heterocycles. The van der Waals surface area contributed by atoms with Crippen LogP contribution in [0, 0.1) is 5.82 Å². The SMILES string of the molecule is CC(C)(C)n1cc(-c2cc(NC(=O)Nc3cccc(Cl)c3)ccc2F)c(-c2ccnc(N)n2)n1. The van der Waals surface area contributed by atoms with Crippen LogP contribution in [0.15, 0.2) is 60.9 Å². The van der Waals surface area contributed by atoms with Crippen LogP contribution >= 0.6 is 11.6 Å². The molecule has 8 nitrogen and oxygen atoms in total. The highest BCUT2D eigenvalue weighted by Gasteiger charge is 2.23. The number of nitrogens with zero attached hydrogens (tertiary/aromatic N) is 4. The Labute approximate surface area is 201 Å². The summed E-state index contributed by atoms with van der Waals surface area (Å²) in [4.78, 5) is 20.7. The van der Waals surface area contributed by atoms with Gasteiger partial charge in [-0.2, -0.15) is 5.10 Å². The van der Waals surface area contributed by atoms with Gasteiger partial charge in [0.2, 0.25) is 5.95 Å². The number of hydrogen-bond donors (Lipinski definition) is 3. The van der Waals surface area contributed by atoms with Gasteiger partial charge in [-0.15, -0.1) is 0 Å². The number of hydrogen-bond acceptors (Lipinski definition) is 5. The number of amides is 2. The van der Waals surface area contributed by atoms with Gasteiger partial charge < -0.3 is 16.4 Å². The van der Waals surface area contributed by atoms with Crippen molar-refractivity contribution >= 4 is 35.0 Å². The molecule has 0 radical (unpaired) electrons. The quantitative estimate of drug-likeness (QED) is 0.343. The van der Waals surface area contributed by atoms with Crippen LogP contribution in [0.5, 0.6) is 0 Å². The van der Waals surface area contributed by atoms with Crippen molar-refractivity contribution in [1.82, 2.24) is 19.7 Å². The number of carbonyl (C=O) groups is 1. The number of halogens is 2. The standard InChI is InChI=1S/C24H23ClFN7O/c1-24(2,3)33-13-18(21(32-33)20-9-10-28-22(27)31-20)17-12-16(7-8-19(17)26)30-23(34)29-15-6-4-5-14(25)11-15/h4-13H,1-3H3,(H2,27,28,31)(H2,29,30,34). The van der Waals surface area contributed by atoms with E-state index >= 15 is 4.39 Å². The number of benzene rings is 2. The summed E-state index contributed by atoms with van der Waals surface area (Å²) < 4.78 is 16.8. The fourth-order valence-corrected chi connectivity index (χ4v) is 3.47.